The van der Waals surface area contributed by atoms with Crippen LogP contribution in [0.2, 0.25) is 0 Å². The van der Waals surface area contributed by atoms with E-state index in [2.05, 4.69) is 46.3 Å². The summed E-state index contributed by atoms with van der Waals surface area (Å²) in [5, 5.41) is 1.17. The van der Waals surface area contributed by atoms with Crippen molar-refractivity contribution >= 4 is 22.4 Å². The van der Waals surface area contributed by atoms with Crippen molar-refractivity contribution in [2.75, 3.05) is 17.2 Å². The molecule has 2 aromatic carbocycles. The molecule has 0 fully saturated rings. The lowest BCUT2D eigenvalue weighted by molar-refractivity contribution is 0.734. The molecule has 0 unspecified atom stereocenters. The number of benzene rings is 2. The number of aromatic nitrogens is 1. The minimum absolute atomic E-state index is 0.586. The second-order valence-electron chi connectivity index (χ2n) is 5.52. The van der Waals surface area contributed by atoms with Crippen LogP contribution in [-0.2, 0) is 13.0 Å². The van der Waals surface area contributed by atoms with Gasteiger partial charge in [0.1, 0.15) is 5.82 Å². The van der Waals surface area contributed by atoms with Crippen molar-refractivity contribution in [1.82, 2.24) is 4.98 Å². The lowest BCUT2D eigenvalue weighted by Crippen LogP contribution is -2.30. The van der Waals surface area contributed by atoms with Gasteiger partial charge in [-0.2, -0.15) is 0 Å². The molecule has 0 atom stereocenters. The van der Waals surface area contributed by atoms with Crippen LogP contribution in [0.3, 0.4) is 0 Å². The van der Waals surface area contributed by atoms with Crippen LogP contribution in [-0.4, -0.2) is 11.5 Å². The summed E-state index contributed by atoms with van der Waals surface area (Å²) in [5.41, 5.74) is 11.0. The summed E-state index contributed by atoms with van der Waals surface area (Å²) in [7, 11) is 0. The van der Waals surface area contributed by atoms with E-state index in [0.717, 1.165) is 25.0 Å². The highest BCUT2D eigenvalue weighted by molar-refractivity contribution is 5.93. The van der Waals surface area contributed by atoms with Crippen LogP contribution in [0.4, 0.5) is 11.5 Å². The van der Waals surface area contributed by atoms with E-state index in [1.165, 1.54) is 22.2 Å². The fourth-order valence-electron chi connectivity index (χ4n) is 3.14. The van der Waals surface area contributed by atoms with Gasteiger partial charge in [-0.05, 0) is 23.6 Å². The first kappa shape index (κ1) is 12.2. The minimum Gasteiger partial charge on any atom is -0.384 e. The van der Waals surface area contributed by atoms with Gasteiger partial charge in [0.2, 0.25) is 0 Å². The van der Waals surface area contributed by atoms with Crippen LogP contribution in [0.1, 0.15) is 11.1 Å². The molecule has 0 saturated carbocycles. The molecule has 1 aliphatic heterocycles. The van der Waals surface area contributed by atoms with Gasteiger partial charge in [-0.25, -0.2) is 4.98 Å². The predicted octanol–water partition coefficient (Wildman–Crippen LogP) is 3.38. The smallest absolute Gasteiger partial charge is 0.126 e. The number of para-hydroxylation sites is 1. The Kier molecular flexibility index (Phi) is 2.78. The first-order chi connectivity index (χ1) is 10.3. The van der Waals surface area contributed by atoms with Gasteiger partial charge in [-0.1, -0.05) is 42.5 Å². The molecule has 4 rings (SSSR count). The third-order valence-electron chi connectivity index (χ3n) is 4.19. The SMILES string of the molecule is Nc1cc(N2CCc3ccccc3C2)c2ccccc2n1. The van der Waals surface area contributed by atoms with Crippen molar-refractivity contribution in [2.45, 2.75) is 13.0 Å². The van der Waals surface area contributed by atoms with Crippen molar-refractivity contribution in [1.29, 1.82) is 0 Å². The highest BCUT2D eigenvalue weighted by Crippen LogP contribution is 2.31. The van der Waals surface area contributed by atoms with E-state index in [4.69, 9.17) is 5.73 Å². The Balaban J connectivity index is 1.81. The lowest BCUT2D eigenvalue weighted by Gasteiger charge is -2.31. The molecule has 0 saturated heterocycles. The number of hydrogen-bond acceptors (Lipinski definition) is 3. The second-order valence-corrected chi connectivity index (χ2v) is 5.52. The van der Waals surface area contributed by atoms with Crippen LogP contribution < -0.4 is 10.6 Å². The van der Waals surface area contributed by atoms with Crippen LogP contribution in [0, 0.1) is 0 Å². The van der Waals surface area contributed by atoms with E-state index >= 15 is 0 Å². The Morgan fingerprint density at radius 1 is 0.952 bits per heavy atom. The van der Waals surface area contributed by atoms with Crippen LogP contribution in [0.5, 0.6) is 0 Å². The quantitative estimate of drug-likeness (QED) is 0.740. The average Bonchev–Trinajstić information content (AvgIpc) is 2.53. The Morgan fingerprint density at radius 2 is 1.71 bits per heavy atom. The number of nitrogens with zero attached hydrogens (tertiary/aromatic N) is 2. The number of nitrogen functional groups attached to an aromatic ring is 1. The monoisotopic (exact) mass is 275 g/mol. The maximum Gasteiger partial charge on any atom is 0.126 e. The molecule has 0 bridgehead atoms. The highest BCUT2D eigenvalue weighted by Gasteiger charge is 2.18. The van der Waals surface area contributed by atoms with Crippen molar-refractivity contribution in [3.05, 3.63) is 65.7 Å². The summed E-state index contributed by atoms with van der Waals surface area (Å²) >= 11 is 0. The Morgan fingerprint density at radius 3 is 2.62 bits per heavy atom. The number of hydrogen-bond donors (Lipinski definition) is 1. The first-order valence-electron chi connectivity index (χ1n) is 7.28. The zero-order chi connectivity index (χ0) is 14.2. The Bertz CT molecular complexity index is 810. The summed E-state index contributed by atoms with van der Waals surface area (Å²) in [4.78, 5) is 6.83. The summed E-state index contributed by atoms with van der Waals surface area (Å²) < 4.78 is 0. The van der Waals surface area contributed by atoms with Crippen LogP contribution in [0.15, 0.2) is 54.6 Å². The molecule has 3 aromatic rings. The summed E-state index contributed by atoms with van der Waals surface area (Å²) in [6.45, 7) is 1.95. The summed E-state index contributed by atoms with van der Waals surface area (Å²) in [6, 6.07) is 18.9. The van der Waals surface area contributed by atoms with Gasteiger partial charge in [-0.3, -0.25) is 0 Å². The third kappa shape index (κ3) is 2.11. The largest absolute Gasteiger partial charge is 0.384 e. The topological polar surface area (TPSA) is 42.1 Å². The van der Waals surface area contributed by atoms with Gasteiger partial charge in [0, 0.05) is 24.5 Å². The molecule has 0 spiro atoms. The third-order valence-corrected chi connectivity index (χ3v) is 4.19. The van der Waals surface area contributed by atoms with E-state index in [0.29, 0.717) is 5.82 Å². The van der Waals surface area contributed by atoms with Crippen molar-refractivity contribution < 1.29 is 0 Å². The predicted molar refractivity (Wildman–Crippen MR) is 87.4 cm³/mol. The average molecular weight is 275 g/mol. The zero-order valence-corrected chi connectivity index (χ0v) is 11.8. The molecule has 21 heavy (non-hydrogen) atoms. The molecule has 0 aliphatic carbocycles. The maximum atomic E-state index is 5.99. The van der Waals surface area contributed by atoms with E-state index < -0.39 is 0 Å². The van der Waals surface area contributed by atoms with Crippen molar-refractivity contribution in [3.63, 3.8) is 0 Å². The molecule has 0 amide bonds. The number of anilines is 2. The molecular weight excluding hydrogens is 258 g/mol. The molecule has 104 valence electrons. The Labute approximate surface area is 124 Å². The Hall–Kier alpha value is -2.55. The van der Waals surface area contributed by atoms with Crippen molar-refractivity contribution in [2.24, 2.45) is 0 Å². The number of rotatable bonds is 1. The molecule has 2 N–H and O–H groups in total. The normalized spacial score (nSPS) is 14.2. The van der Waals surface area contributed by atoms with E-state index in [1.54, 1.807) is 0 Å². The summed E-state index contributed by atoms with van der Waals surface area (Å²) in [6.07, 6.45) is 1.08. The fourth-order valence-corrected chi connectivity index (χ4v) is 3.14. The number of nitrogens with two attached hydrogens (primary N) is 1. The van der Waals surface area contributed by atoms with E-state index in [-0.39, 0.29) is 0 Å². The van der Waals surface area contributed by atoms with Gasteiger partial charge in [0.05, 0.1) is 11.2 Å². The molecule has 1 aromatic heterocycles. The molecule has 3 nitrogen and oxygen atoms in total. The standard InChI is InChI=1S/C18H17N3/c19-18-11-17(15-7-3-4-8-16(15)20-18)21-10-9-13-5-1-2-6-14(13)12-21/h1-8,11H,9-10,12H2,(H2,19,20). The fraction of sp³-hybridized carbons (Fsp3) is 0.167. The number of pyridine rings is 1. The van der Waals surface area contributed by atoms with Gasteiger partial charge < -0.3 is 10.6 Å². The van der Waals surface area contributed by atoms with Gasteiger partial charge in [0.15, 0.2) is 0 Å². The first-order valence-corrected chi connectivity index (χ1v) is 7.28. The molecule has 3 heteroatoms. The van der Waals surface area contributed by atoms with Crippen LogP contribution >= 0.6 is 0 Å². The van der Waals surface area contributed by atoms with Gasteiger partial charge in [-0.15, -0.1) is 0 Å². The highest BCUT2D eigenvalue weighted by atomic mass is 15.1. The van der Waals surface area contributed by atoms with Crippen molar-refractivity contribution in [3.8, 4) is 0 Å². The second kappa shape index (κ2) is 4.77. The van der Waals surface area contributed by atoms with E-state index in [1.807, 2.05) is 18.2 Å². The van der Waals surface area contributed by atoms with E-state index in [9.17, 15) is 0 Å². The maximum absolute atomic E-state index is 5.99. The summed E-state index contributed by atoms with van der Waals surface area (Å²) in [5.74, 6) is 0.586. The zero-order valence-electron chi connectivity index (χ0n) is 11.8. The molecule has 0 radical (unpaired) electrons. The molecule has 1 aliphatic rings. The van der Waals surface area contributed by atoms with Gasteiger partial charge >= 0.3 is 0 Å². The molecular formula is C18H17N3. The molecule has 2 heterocycles. The number of fused-ring (bicyclic) bond motifs is 2. The van der Waals surface area contributed by atoms with Gasteiger partial charge in [0.25, 0.3) is 0 Å². The lowest BCUT2D eigenvalue weighted by atomic mass is 9.99. The van der Waals surface area contributed by atoms with Crippen LogP contribution in [0.25, 0.3) is 10.9 Å². The minimum atomic E-state index is 0.586.